The molecule has 0 radical (unpaired) electrons. The van der Waals surface area contributed by atoms with Gasteiger partial charge in [-0.1, -0.05) is 13.0 Å². The van der Waals surface area contributed by atoms with Gasteiger partial charge >= 0.3 is 5.97 Å². The monoisotopic (exact) mass is 217 g/mol. The number of carbonyl (C=O) groups excluding carboxylic acids is 1. The lowest BCUT2D eigenvalue weighted by atomic mass is 10.2. The van der Waals surface area contributed by atoms with Crippen molar-refractivity contribution in [1.29, 1.82) is 0 Å². The first-order valence-corrected chi connectivity index (χ1v) is 4.87. The van der Waals surface area contributed by atoms with Gasteiger partial charge in [-0.15, -0.1) is 0 Å². The summed E-state index contributed by atoms with van der Waals surface area (Å²) in [5.41, 5.74) is 3.34. The summed E-state index contributed by atoms with van der Waals surface area (Å²) in [6.07, 6.45) is 2.39. The van der Waals surface area contributed by atoms with Gasteiger partial charge in [0.2, 0.25) is 0 Å². The second-order valence-corrected chi connectivity index (χ2v) is 2.76. The van der Waals surface area contributed by atoms with Gasteiger partial charge in [0.25, 0.3) is 0 Å². The summed E-state index contributed by atoms with van der Waals surface area (Å²) in [6.45, 7) is 3.38. The van der Waals surface area contributed by atoms with Crippen LogP contribution in [0.3, 0.4) is 0 Å². The third-order valence-corrected chi connectivity index (χ3v) is 1.75. The molecule has 15 heavy (non-hydrogen) atoms. The van der Waals surface area contributed by atoms with Gasteiger partial charge in [-0.25, -0.2) is 4.79 Å². The molecule has 0 aromatic heterocycles. The van der Waals surface area contributed by atoms with Gasteiger partial charge in [-0.3, -0.25) is 4.84 Å². The van der Waals surface area contributed by atoms with Crippen molar-refractivity contribution in [3.63, 3.8) is 0 Å². The van der Waals surface area contributed by atoms with Gasteiger partial charge in [-0.05, 0) is 6.42 Å². The summed E-state index contributed by atoms with van der Waals surface area (Å²) < 4.78 is 9.39. The van der Waals surface area contributed by atoms with E-state index in [0.29, 0.717) is 31.8 Å². The Bertz CT molecular complexity index is 204. The lowest BCUT2D eigenvalue weighted by Gasteiger charge is -2.04. The molecule has 88 valence electrons. The van der Waals surface area contributed by atoms with E-state index in [-0.39, 0.29) is 5.97 Å². The molecular formula is C10H19NO4. The van der Waals surface area contributed by atoms with Gasteiger partial charge in [0.1, 0.15) is 0 Å². The fraction of sp³-hybridized carbons (Fsp3) is 0.700. The van der Waals surface area contributed by atoms with E-state index in [9.17, 15) is 4.79 Å². The molecule has 0 bridgehead atoms. The highest BCUT2D eigenvalue weighted by Gasteiger charge is 2.05. The number of methoxy groups -OCH3 is 2. The van der Waals surface area contributed by atoms with Crippen LogP contribution in [-0.2, 0) is 19.1 Å². The summed E-state index contributed by atoms with van der Waals surface area (Å²) in [5.74, 6) is -0.295. The van der Waals surface area contributed by atoms with Gasteiger partial charge in [0, 0.05) is 19.2 Å². The van der Waals surface area contributed by atoms with E-state index in [1.807, 2.05) is 6.92 Å². The number of carbonyl (C=O) groups is 1. The van der Waals surface area contributed by atoms with Crippen LogP contribution in [0.5, 0.6) is 0 Å². The normalized spacial score (nSPS) is 11.5. The summed E-state index contributed by atoms with van der Waals surface area (Å²) >= 11 is 0. The van der Waals surface area contributed by atoms with Crippen LogP contribution in [0.4, 0.5) is 0 Å². The van der Waals surface area contributed by atoms with Gasteiger partial charge in [0.15, 0.2) is 0 Å². The molecule has 0 heterocycles. The molecule has 5 nitrogen and oxygen atoms in total. The largest absolute Gasteiger partial charge is 0.466 e. The lowest BCUT2D eigenvalue weighted by molar-refractivity contribution is -0.136. The zero-order valence-electron chi connectivity index (χ0n) is 9.54. The van der Waals surface area contributed by atoms with Crippen LogP contribution in [0.25, 0.3) is 0 Å². The molecule has 0 spiro atoms. The standard InChI is InChI=1S/C10H19NO4/c1-4-9(10(12)14-3)5-6-11-15-8-7-13-2/h5,11H,4,6-8H2,1-3H3. The van der Waals surface area contributed by atoms with E-state index in [0.717, 1.165) is 0 Å². The number of ether oxygens (including phenoxy) is 2. The second-order valence-electron chi connectivity index (χ2n) is 2.76. The number of hydroxylamine groups is 1. The van der Waals surface area contributed by atoms with Crippen molar-refractivity contribution in [2.24, 2.45) is 0 Å². The Morgan fingerprint density at radius 1 is 1.33 bits per heavy atom. The van der Waals surface area contributed by atoms with Crippen molar-refractivity contribution in [3.05, 3.63) is 11.6 Å². The van der Waals surface area contributed by atoms with E-state index in [1.165, 1.54) is 7.11 Å². The first kappa shape index (κ1) is 14.1. The third-order valence-electron chi connectivity index (χ3n) is 1.75. The summed E-state index contributed by atoms with van der Waals surface area (Å²) in [5, 5.41) is 0. The van der Waals surface area contributed by atoms with Gasteiger partial charge in [0.05, 0.1) is 20.3 Å². The molecule has 0 atom stereocenters. The minimum Gasteiger partial charge on any atom is -0.466 e. The molecule has 0 amide bonds. The molecule has 0 rings (SSSR count). The molecule has 0 aliphatic carbocycles. The Morgan fingerprint density at radius 2 is 2.07 bits per heavy atom. The molecule has 0 aromatic carbocycles. The fourth-order valence-corrected chi connectivity index (χ4v) is 0.924. The molecule has 0 saturated heterocycles. The Hall–Kier alpha value is -0.910. The number of hydrogen-bond donors (Lipinski definition) is 1. The van der Waals surface area contributed by atoms with Gasteiger partial charge < -0.3 is 9.47 Å². The Labute approximate surface area is 90.3 Å². The van der Waals surface area contributed by atoms with E-state index in [1.54, 1.807) is 13.2 Å². The number of esters is 1. The highest BCUT2D eigenvalue weighted by molar-refractivity contribution is 5.88. The van der Waals surface area contributed by atoms with Crippen LogP contribution in [0.1, 0.15) is 13.3 Å². The molecule has 1 N–H and O–H groups in total. The topological polar surface area (TPSA) is 56.8 Å². The van der Waals surface area contributed by atoms with Crippen molar-refractivity contribution < 1.29 is 19.1 Å². The van der Waals surface area contributed by atoms with Gasteiger partial charge in [-0.2, -0.15) is 5.48 Å². The smallest absolute Gasteiger partial charge is 0.333 e. The fourth-order valence-electron chi connectivity index (χ4n) is 0.924. The average molecular weight is 217 g/mol. The quantitative estimate of drug-likeness (QED) is 0.280. The molecule has 0 aliphatic rings. The highest BCUT2D eigenvalue weighted by atomic mass is 16.7. The van der Waals surface area contributed by atoms with Crippen LogP contribution < -0.4 is 5.48 Å². The number of rotatable bonds is 8. The van der Waals surface area contributed by atoms with Crippen LogP contribution in [0, 0.1) is 0 Å². The molecule has 0 aromatic rings. The van der Waals surface area contributed by atoms with Crippen LogP contribution in [0.15, 0.2) is 11.6 Å². The van der Waals surface area contributed by atoms with Crippen molar-refractivity contribution >= 4 is 5.97 Å². The highest BCUT2D eigenvalue weighted by Crippen LogP contribution is 2.01. The number of nitrogens with one attached hydrogen (secondary N) is 1. The van der Waals surface area contributed by atoms with Crippen LogP contribution >= 0.6 is 0 Å². The van der Waals surface area contributed by atoms with E-state index >= 15 is 0 Å². The van der Waals surface area contributed by atoms with Crippen molar-refractivity contribution in [2.45, 2.75) is 13.3 Å². The zero-order valence-corrected chi connectivity index (χ0v) is 9.54. The van der Waals surface area contributed by atoms with Crippen molar-refractivity contribution in [2.75, 3.05) is 34.0 Å². The van der Waals surface area contributed by atoms with E-state index < -0.39 is 0 Å². The minimum atomic E-state index is -0.295. The Morgan fingerprint density at radius 3 is 2.60 bits per heavy atom. The maximum atomic E-state index is 11.1. The van der Waals surface area contributed by atoms with E-state index in [4.69, 9.17) is 9.57 Å². The molecule has 5 heteroatoms. The summed E-state index contributed by atoms with van der Waals surface area (Å²) in [6, 6.07) is 0. The first-order valence-electron chi connectivity index (χ1n) is 4.87. The van der Waals surface area contributed by atoms with Crippen molar-refractivity contribution in [1.82, 2.24) is 5.48 Å². The number of hydrogen-bond acceptors (Lipinski definition) is 5. The predicted molar refractivity (Wildman–Crippen MR) is 56.2 cm³/mol. The summed E-state index contributed by atoms with van der Waals surface area (Å²) in [4.78, 5) is 16.1. The summed E-state index contributed by atoms with van der Waals surface area (Å²) in [7, 11) is 2.98. The van der Waals surface area contributed by atoms with Crippen LogP contribution in [0.2, 0.25) is 0 Å². The zero-order chi connectivity index (χ0) is 11.5. The van der Waals surface area contributed by atoms with Crippen molar-refractivity contribution in [3.8, 4) is 0 Å². The molecule has 0 aliphatic heterocycles. The lowest BCUT2D eigenvalue weighted by Crippen LogP contribution is -2.18. The second kappa shape index (κ2) is 9.64. The SMILES string of the molecule is CCC(=CCNOCCOC)C(=O)OC. The van der Waals surface area contributed by atoms with E-state index in [2.05, 4.69) is 10.2 Å². The predicted octanol–water partition coefficient (Wildman–Crippen LogP) is 0.663. The average Bonchev–Trinajstić information content (AvgIpc) is 2.27. The first-order chi connectivity index (χ1) is 7.26. The molecule has 0 saturated carbocycles. The Kier molecular flexibility index (Phi) is 9.05. The minimum absolute atomic E-state index is 0.295. The molecule has 0 unspecified atom stereocenters. The van der Waals surface area contributed by atoms with Crippen LogP contribution in [-0.4, -0.2) is 39.9 Å². The maximum Gasteiger partial charge on any atom is 0.333 e. The molecule has 0 fully saturated rings. The molecular weight excluding hydrogens is 198 g/mol. The Balaban J connectivity index is 3.67. The third kappa shape index (κ3) is 7.07. The maximum absolute atomic E-state index is 11.1.